The van der Waals surface area contributed by atoms with Crippen molar-refractivity contribution in [1.82, 2.24) is 0 Å². The van der Waals surface area contributed by atoms with Crippen molar-refractivity contribution in [2.75, 3.05) is 18.6 Å². The molecule has 0 fully saturated rings. The Morgan fingerprint density at radius 2 is 1.65 bits per heavy atom. The molecule has 3 heteroatoms. The van der Waals surface area contributed by atoms with E-state index in [1.807, 2.05) is 13.8 Å². The van der Waals surface area contributed by atoms with Gasteiger partial charge in [0.05, 0.1) is 13.0 Å². The molecule has 1 N–H and O–H groups in total. The summed E-state index contributed by atoms with van der Waals surface area (Å²) in [6.07, 6.45) is 0.169. The van der Waals surface area contributed by atoms with E-state index in [0.717, 1.165) is 16.8 Å². The van der Waals surface area contributed by atoms with Crippen molar-refractivity contribution in [2.24, 2.45) is 0 Å². The number of aliphatic hydroxyl groups is 1. The molecule has 1 amide bonds. The molecule has 0 radical (unpaired) electrons. The molecular formula is C14H21NO2. The summed E-state index contributed by atoms with van der Waals surface area (Å²) in [6.45, 7) is 8.05. The van der Waals surface area contributed by atoms with E-state index < -0.39 is 0 Å². The van der Waals surface area contributed by atoms with Gasteiger partial charge in [-0.1, -0.05) is 6.07 Å². The number of rotatable bonds is 3. The van der Waals surface area contributed by atoms with Crippen molar-refractivity contribution in [3.8, 4) is 0 Å². The monoisotopic (exact) mass is 235 g/mol. The fourth-order valence-electron chi connectivity index (χ4n) is 2.09. The maximum atomic E-state index is 11.8. The van der Waals surface area contributed by atoms with Crippen LogP contribution in [-0.4, -0.2) is 24.7 Å². The van der Waals surface area contributed by atoms with Crippen LogP contribution in [0.4, 0.5) is 5.69 Å². The highest BCUT2D eigenvalue weighted by Gasteiger charge is 2.17. The first-order valence-corrected chi connectivity index (χ1v) is 5.85. The van der Waals surface area contributed by atoms with Crippen LogP contribution in [0.2, 0.25) is 0 Å². The Bertz CT molecular complexity index is 412. The first-order chi connectivity index (χ1) is 7.90. The Balaban J connectivity index is 3.25. The number of amides is 1. The molecular weight excluding hydrogens is 214 g/mol. The maximum absolute atomic E-state index is 11.8. The number of carbonyl (C=O) groups is 1. The van der Waals surface area contributed by atoms with Gasteiger partial charge in [0.25, 0.3) is 0 Å². The topological polar surface area (TPSA) is 40.5 Å². The van der Waals surface area contributed by atoms with Crippen LogP contribution in [0.25, 0.3) is 0 Å². The highest BCUT2D eigenvalue weighted by Crippen LogP contribution is 2.29. The zero-order valence-electron chi connectivity index (χ0n) is 11.3. The van der Waals surface area contributed by atoms with Crippen molar-refractivity contribution in [2.45, 2.75) is 34.1 Å². The quantitative estimate of drug-likeness (QED) is 0.873. The van der Waals surface area contributed by atoms with Crippen LogP contribution in [0.1, 0.15) is 28.7 Å². The first kappa shape index (κ1) is 13.7. The minimum absolute atomic E-state index is 0.0521. The normalized spacial score (nSPS) is 10.5. The predicted molar refractivity (Wildman–Crippen MR) is 70.5 cm³/mol. The molecule has 0 aliphatic rings. The highest BCUT2D eigenvalue weighted by atomic mass is 16.3. The summed E-state index contributed by atoms with van der Waals surface area (Å²) < 4.78 is 0. The van der Waals surface area contributed by atoms with Gasteiger partial charge < -0.3 is 10.0 Å². The number of aryl methyl sites for hydroxylation is 2. The van der Waals surface area contributed by atoms with Gasteiger partial charge in [0.1, 0.15) is 0 Å². The van der Waals surface area contributed by atoms with E-state index >= 15 is 0 Å². The van der Waals surface area contributed by atoms with Gasteiger partial charge in [0, 0.05) is 12.7 Å². The second kappa shape index (κ2) is 5.32. The van der Waals surface area contributed by atoms with Crippen molar-refractivity contribution < 1.29 is 9.90 Å². The Hall–Kier alpha value is -1.35. The number of hydrogen-bond acceptors (Lipinski definition) is 2. The van der Waals surface area contributed by atoms with E-state index in [-0.39, 0.29) is 18.9 Å². The lowest BCUT2D eigenvalue weighted by Crippen LogP contribution is -2.28. The Labute approximate surface area is 103 Å². The zero-order valence-corrected chi connectivity index (χ0v) is 11.3. The summed E-state index contributed by atoms with van der Waals surface area (Å²) in [5.74, 6) is -0.0521. The van der Waals surface area contributed by atoms with Gasteiger partial charge in [-0.15, -0.1) is 0 Å². The van der Waals surface area contributed by atoms with Crippen molar-refractivity contribution in [3.63, 3.8) is 0 Å². The summed E-state index contributed by atoms with van der Waals surface area (Å²) in [6, 6.07) is 2.14. The van der Waals surface area contributed by atoms with Gasteiger partial charge in [-0.2, -0.15) is 0 Å². The molecule has 1 aromatic rings. The third-order valence-corrected chi connectivity index (χ3v) is 3.36. The van der Waals surface area contributed by atoms with E-state index in [9.17, 15) is 4.79 Å². The van der Waals surface area contributed by atoms with Gasteiger partial charge >= 0.3 is 0 Å². The number of carbonyl (C=O) groups excluding carboxylic acids is 1. The fourth-order valence-corrected chi connectivity index (χ4v) is 2.09. The minimum Gasteiger partial charge on any atom is -0.396 e. The lowest BCUT2D eigenvalue weighted by atomic mass is 9.98. The molecule has 0 bridgehead atoms. The number of nitrogens with zero attached hydrogens (tertiary/aromatic N) is 1. The number of aliphatic hydroxyl groups excluding tert-OH is 1. The standard InChI is InChI=1S/C14H21NO2/c1-9-8-10(2)12(4)14(11(9)3)15(5)13(17)6-7-16/h8,16H,6-7H2,1-5H3. The van der Waals surface area contributed by atoms with Gasteiger partial charge in [0.2, 0.25) is 5.91 Å². The number of hydrogen-bond donors (Lipinski definition) is 1. The van der Waals surface area contributed by atoms with Gasteiger partial charge in [-0.3, -0.25) is 4.79 Å². The Morgan fingerprint density at radius 1 is 1.18 bits per heavy atom. The van der Waals surface area contributed by atoms with Crippen molar-refractivity contribution in [1.29, 1.82) is 0 Å². The largest absolute Gasteiger partial charge is 0.396 e. The van der Waals surface area contributed by atoms with Crippen LogP contribution in [0, 0.1) is 27.7 Å². The van der Waals surface area contributed by atoms with Crippen LogP contribution < -0.4 is 4.90 Å². The van der Waals surface area contributed by atoms with Crippen LogP contribution in [0.5, 0.6) is 0 Å². The SMILES string of the molecule is Cc1cc(C)c(C)c(N(C)C(=O)CCO)c1C. The predicted octanol–water partition coefficient (Wildman–Crippen LogP) is 2.27. The molecule has 0 spiro atoms. The van der Waals surface area contributed by atoms with E-state index in [4.69, 9.17) is 5.11 Å². The molecule has 0 unspecified atom stereocenters. The van der Waals surface area contributed by atoms with Gasteiger partial charge in [-0.05, 0) is 49.9 Å². The van der Waals surface area contributed by atoms with E-state index in [1.54, 1.807) is 11.9 Å². The van der Waals surface area contributed by atoms with Gasteiger partial charge in [0.15, 0.2) is 0 Å². The second-order valence-electron chi connectivity index (χ2n) is 4.54. The number of anilines is 1. The average Bonchev–Trinajstić information content (AvgIpc) is 2.27. The third-order valence-electron chi connectivity index (χ3n) is 3.36. The average molecular weight is 235 g/mol. The Kier molecular flexibility index (Phi) is 4.29. The lowest BCUT2D eigenvalue weighted by Gasteiger charge is -2.24. The molecule has 0 saturated heterocycles. The fraction of sp³-hybridized carbons (Fsp3) is 0.500. The van der Waals surface area contributed by atoms with E-state index in [2.05, 4.69) is 19.9 Å². The summed E-state index contributed by atoms with van der Waals surface area (Å²) >= 11 is 0. The van der Waals surface area contributed by atoms with E-state index in [0.29, 0.717) is 0 Å². The second-order valence-corrected chi connectivity index (χ2v) is 4.54. The molecule has 0 atom stereocenters. The summed E-state index contributed by atoms with van der Waals surface area (Å²) in [7, 11) is 1.77. The minimum atomic E-state index is -0.105. The maximum Gasteiger partial charge on any atom is 0.229 e. The molecule has 0 saturated carbocycles. The molecule has 1 rings (SSSR count). The summed E-state index contributed by atoms with van der Waals surface area (Å²) in [5, 5.41) is 8.83. The molecule has 1 aromatic carbocycles. The first-order valence-electron chi connectivity index (χ1n) is 5.85. The molecule has 3 nitrogen and oxygen atoms in total. The van der Waals surface area contributed by atoms with Gasteiger partial charge in [-0.25, -0.2) is 0 Å². The third kappa shape index (κ3) is 2.67. The molecule has 0 heterocycles. The summed E-state index contributed by atoms with van der Waals surface area (Å²) in [4.78, 5) is 13.5. The van der Waals surface area contributed by atoms with Crippen molar-refractivity contribution >= 4 is 11.6 Å². The van der Waals surface area contributed by atoms with Crippen LogP contribution in [-0.2, 0) is 4.79 Å². The molecule has 0 aliphatic heterocycles. The van der Waals surface area contributed by atoms with Crippen molar-refractivity contribution in [3.05, 3.63) is 28.3 Å². The lowest BCUT2D eigenvalue weighted by molar-refractivity contribution is -0.118. The van der Waals surface area contributed by atoms with Crippen LogP contribution >= 0.6 is 0 Å². The molecule has 0 aromatic heterocycles. The van der Waals surface area contributed by atoms with Crippen LogP contribution in [0.15, 0.2) is 6.07 Å². The smallest absolute Gasteiger partial charge is 0.229 e. The number of benzene rings is 1. The van der Waals surface area contributed by atoms with E-state index in [1.165, 1.54) is 11.1 Å². The Morgan fingerprint density at radius 3 is 2.06 bits per heavy atom. The molecule has 94 valence electrons. The highest BCUT2D eigenvalue weighted by molar-refractivity contribution is 5.94. The molecule has 0 aliphatic carbocycles. The zero-order chi connectivity index (χ0) is 13.2. The van der Waals surface area contributed by atoms with Crippen LogP contribution in [0.3, 0.4) is 0 Å². The molecule has 17 heavy (non-hydrogen) atoms. The summed E-state index contributed by atoms with van der Waals surface area (Å²) in [5.41, 5.74) is 5.60.